The van der Waals surface area contributed by atoms with Gasteiger partial charge >= 0.3 is 0 Å². The molecule has 2 aromatic carbocycles. The predicted molar refractivity (Wildman–Crippen MR) is 123 cm³/mol. The Morgan fingerprint density at radius 1 is 1.10 bits per heavy atom. The fourth-order valence-corrected chi connectivity index (χ4v) is 4.89. The number of sulfonamides is 1. The second-order valence-corrected chi connectivity index (χ2v) is 9.59. The van der Waals surface area contributed by atoms with Crippen molar-refractivity contribution >= 4 is 22.0 Å². The summed E-state index contributed by atoms with van der Waals surface area (Å²) in [6.45, 7) is 3.46. The van der Waals surface area contributed by atoms with Crippen LogP contribution < -0.4 is 9.46 Å². The molecule has 0 aliphatic carbocycles. The number of nitrogens with zero attached hydrogens (tertiary/aromatic N) is 1. The smallest absolute Gasteiger partial charge is 0.246 e. The molecule has 166 valence electrons. The maximum atomic E-state index is 12.5. The molecule has 0 radical (unpaired) electrons. The molecule has 0 spiro atoms. The van der Waals surface area contributed by atoms with E-state index in [-0.39, 0.29) is 17.7 Å². The summed E-state index contributed by atoms with van der Waals surface area (Å²) in [6, 6.07) is 17.5. The molecule has 0 unspecified atom stereocenters. The average molecular weight is 443 g/mol. The van der Waals surface area contributed by atoms with Gasteiger partial charge < -0.3 is 9.64 Å². The Bertz CT molecular complexity index is 964. The highest BCUT2D eigenvalue weighted by Gasteiger charge is 2.24. The highest BCUT2D eigenvalue weighted by molar-refractivity contribution is 7.89. The van der Waals surface area contributed by atoms with Crippen LogP contribution in [0.25, 0.3) is 6.08 Å². The maximum absolute atomic E-state index is 12.5. The minimum absolute atomic E-state index is 0.0562. The molecule has 6 nitrogen and oxygen atoms in total. The number of likely N-dealkylation sites (tertiary alicyclic amines) is 1. The quantitative estimate of drug-likeness (QED) is 0.602. The molecular formula is C24H30N2O4S. The highest BCUT2D eigenvalue weighted by Crippen LogP contribution is 2.16. The van der Waals surface area contributed by atoms with Gasteiger partial charge in [0.25, 0.3) is 0 Å². The van der Waals surface area contributed by atoms with E-state index in [1.165, 1.54) is 0 Å². The van der Waals surface area contributed by atoms with Gasteiger partial charge in [0.05, 0.1) is 5.75 Å². The van der Waals surface area contributed by atoms with Crippen molar-refractivity contribution in [3.63, 3.8) is 0 Å². The second kappa shape index (κ2) is 11.1. The number of carbonyl (C=O) groups excluding carboxylic acids is 1. The van der Waals surface area contributed by atoms with Gasteiger partial charge in [-0.1, -0.05) is 49.4 Å². The molecule has 31 heavy (non-hydrogen) atoms. The van der Waals surface area contributed by atoms with Crippen LogP contribution in [0.15, 0.2) is 60.7 Å². The highest BCUT2D eigenvalue weighted by atomic mass is 32.2. The number of nitrogens with one attached hydrogen (secondary N) is 1. The van der Waals surface area contributed by atoms with Gasteiger partial charge in [0.1, 0.15) is 12.4 Å². The number of piperidine rings is 1. The molecule has 1 amide bonds. The van der Waals surface area contributed by atoms with Crippen LogP contribution >= 0.6 is 0 Å². The fraction of sp³-hybridized carbons (Fsp3) is 0.375. The minimum atomic E-state index is -3.22. The summed E-state index contributed by atoms with van der Waals surface area (Å²) in [5.41, 5.74) is 2.03. The SMILES string of the molecule is CCCS(=O)(=O)NC1CCN(C(=O)/C=C/c2ccc(OCc3ccccc3)cc2)CC1. The van der Waals surface area contributed by atoms with Crippen LogP contribution in [-0.2, 0) is 21.4 Å². The first-order valence-corrected chi connectivity index (χ1v) is 12.3. The van der Waals surface area contributed by atoms with Crippen molar-refractivity contribution in [3.05, 3.63) is 71.8 Å². The Morgan fingerprint density at radius 3 is 2.42 bits per heavy atom. The van der Waals surface area contributed by atoms with Crippen LogP contribution in [0.3, 0.4) is 0 Å². The van der Waals surface area contributed by atoms with Crippen LogP contribution in [0.2, 0.25) is 0 Å². The third kappa shape index (κ3) is 7.52. The van der Waals surface area contributed by atoms with Crippen LogP contribution in [0.1, 0.15) is 37.3 Å². The Balaban J connectivity index is 1.44. The van der Waals surface area contributed by atoms with E-state index in [4.69, 9.17) is 4.74 Å². The van der Waals surface area contributed by atoms with Crippen LogP contribution in [0, 0.1) is 0 Å². The lowest BCUT2D eigenvalue weighted by Crippen LogP contribution is -2.46. The zero-order chi connectivity index (χ0) is 22.1. The molecule has 3 rings (SSSR count). The van der Waals surface area contributed by atoms with Crippen molar-refractivity contribution in [2.24, 2.45) is 0 Å². The zero-order valence-electron chi connectivity index (χ0n) is 17.9. The van der Waals surface area contributed by atoms with Crippen LogP contribution in [0.5, 0.6) is 5.75 Å². The summed E-state index contributed by atoms with van der Waals surface area (Å²) in [6.07, 6.45) is 5.23. The van der Waals surface area contributed by atoms with Crippen LogP contribution in [-0.4, -0.2) is 44.1 Å². The summed E-state index contributed by atoms with van der Waals surface area (Å²) >= 11 is 0. The van der Waals surface area contributed by atoms with E-state index in [0.717, 1.165) is 16.9 Å². The Morgan fingerprint density at radius 2 is 1.77 bits per heavy atom. The monoisotopic (exact) mass is 442 g/mol. The normalized spacial score (nSPS) is 15.3. The summed E-state index contributed by atoms with van der Waals surface area (Å²) in [7, 11) is -3.22. The number of rotatable bonds is 9. The number of ether oxygens (including phenoxy) is 1. The van der Waals surface area contributed by atoms with Crippen molar-refractivity contribution < 1.29 is 17.9 Å². The zero-order valence-corrected chi connectivity index (χ0v) is 18.7. The molecule has 1 fully saturated rings. The van der Waals surface area contributed by atoms with E-state index in [2.05, 4.69) is 4.72 Å². The van der Waals surface area contributed by atoms with E-state index < -0.39 is 10.0 Å². The van der Waals surface area contributed by atoms with Gasteiger partial charge in [-0.2, -0.15) is 0 Å². The lowest BCUT2D eigenvalue weighted by Gasteiger charge is -2.31. The molecule has 0 saturated carbocycles. The Kier molecular flexibility index (Phi) is 8.26. The third-order valence-electron chi connectivity index (χ3n) is 5.17. The molecule has 1 heterocycles. The summed E-state index contributed by atoms with van der Waals surface area (Å²) in [5.74, 6) is 0.865. The minimum Gasteiger partial charge on any atom is -0.489 e. The fourth-order valence-electron chi connectivity index (χ4n) is 3.49. The summed E-state index contributed by atoms with van der Waals surface area (Å²) in [4.78, 5) is 14.2. The van der Waals surface area contributed by atoms with Crippen molar-refractivity contribution in [2.45, 2.75) is 38.8 Å². The first kappa shape index (κ1) is 23.0. The van der Waals surface area contributed by atoms with E-state index in [9.17, 15) is 13.2 Å². The number of hydrogen-bond donors (Lipinski definition) is 1. The number of carbonyl (C=O) groups is 1. The van der Waals surface area contributed by atoms with E-state index in [0.29, 0.717) is 39.0 Å². The van der Waals surface area contributed by atoms with E-state index in [1.54, 1.807) is 17.1 Å². The van der Waals surface area contributed by atoms with Gasteiger partial charge in [0.2, 0.25) is 15.9 Å². The molecule has 0 bridgehead atoms. The Hall–Kier alpha value is -2.64. The third-order valence-corrected chi connectivity index (χ3v) is 6.81. The van der Waals surface area contributed by atoms with E-state index in [1.807, 2.05) is 61.5 Å². The molecule has 2 aromatic rings. The lowest BCUT2D eigenvalue weighted by atomic mass is 10.1. The van der Waals surface area contributed by atoms with Gasteiger partial charge in [-0.05, 0) is 48.6 Å². The predicted octanol–water partition coefficient (Wildman–Crippen LogP) is 3.60. The van der Waals surface area contributed by atoms with Gasteiger partial charge in [-0.3, -0.25) is 4.79 Å². The van der Waals surface area contributed by atoms with Gasteiger partial charge in [0.15, 0.2) is 0 Å². The first-order valence-electron chi connectivity index (χ1n) is 10.7. The second-order valence-electron chi connectivity index (χ2n) is 7.71. The number of hydrogen-bond acceptors (Lipinski definition) is 4. The van der Waals surface area contributed by atoms with Gasteiger partial charge in [-0.15, -0.1) is 0 Å². The Labute approximate surface area is 185 Å². The van der Waals surface area contributed by atoms with Gasteiger partial charge in [-0.25, -0.2) is 13.1 Å². The van der Waals surface area contributed by atoms with Gasteiger partial charge in [0, 0.05) is 25.2 Å². The van der Waals surface area contributed by atoms with Crippen molar-refractivity contribution in [1.82, 2.24) is 9.62 Å². The molecule has 1 aliphatic rings. The van der Waals surface area contributed by atoms with E-state index >= 15 is 0 Å². The standard InChI is InChI=1S/C24H30N2O4S/c1-2-18-31(28,29)25-22-14-16-26(17-15-22)24(27)13-10-20-8-11-23(12-9-20)30-19-21-6-4-3-5-7-21/h3-13,22,25H,2,14-19H2,1H3/b13-10+. The summed E-state index contributed by atoms with van der Waals surface area (Å²) < 4.78 is 32.3. The molecular weight excluding hydrogens is 412 g/mol. The molecule has 0 aromatic heterocycles. The van der Waals surface area contributed by atoms with Crippen molar-refractivity contribution in [2.75, 3.05) is 18.8 Å². The molecule has 1 aliphatic heterocycles. The lowest BCUT2D eigenvalue weighted by molar-refractivity contribution is -0.126. The molecule has 1 saturated heterocycles. The van der Waals surface area contributed by atoms with Crippen molar-refractivity contribution in [1.29, 1.82) is 0 Å². The first-order chi connectivity index (χ1) is 14.9. The van der Waals surface area contributed by atoms with Crippen molar-refractivity contribution in [3.8, 4) is 5.75 Å². The topological polar surface area (TPSA) is 75.7 Å². The number of amides is 1. The largest absolute Gasteiger partial charge is 0.489 e. The molecule has 7 heteroatoms. The number of benzene rings is 2. The van der Waals surface area contributed by atoms with Crippen LogP contribution in [0.4, 0.5) is 0 Å². The molecule has 1 N–H and O–H groups in total. The maximum Gasteiger partial charge on any atom is 0.246 e. The average Bonchev–Trinajstić information content (AvgIpc) is 2.77. The summed E-state index contributed by atoms with van der Waals surface area (Å²) in [5, 5.41) is 0. The molecule has 0 atom stereocenters.